The van der Waals surface area contributed by atoms with Crippen molar-refractivity contribution in [3.8, 4) is 0 Å². The minimum atomic E-state index is -0.406. The van der Waals surface area contributed by atoms with Crippen LogP contribution in [0.4, 0.5) is 9.93 Å². The molecule has 0 radical (unpaired) electrons. The van der Waals surface area contributed by atoms with Crippen LogP contribution in [0.1, 0.15) is 19.3 Å². The summed E-state index contributed by atoms with van der Waals surface area (Å²) in [5, 5.41) is 3.13. The lowest BCUT2D eigenvalue weighted by Crippen LogP contribution is -2.27. The van der Waals surface area contributed by atoms with Crippen LogP contribution in [0.25, 0.3) is 0 Å². The zero-order valence-electron chi connectivity index (χ0n) is 7.33. The largest absolute Gasteiger partial charge is 0.446 e. The van der Waals surface area contributed by atoms with Crippen molar-refractivity contribution in [1.82, 2.24) is 4.98 Å². The van der Waals surface area contributed by atoms with E-state index in [9.17, 15) is 4.79 Å². The number of rotatable bonds is 2. The number of nitrogens with zero attached hydrogens (tertiary/aromatic N) is 1. The van der Waals surface area contributed by atoms with Gasteiger partial charge in [-0.25, -0.2) is 9.78 Å². The maximum Gasteiger partial charge on any atom is 0.413 e. The predicted octanol–water partition coefficient (Wildman–Crippen LogP) is 3.01. The summed E-state index contributed by atoms with van der Waals surface area (Å²) in [7, 11) is 0. The van der Waals surface area contributed by atoms with Gasteiger partial charge >= 0.3 is 6.09 Å². The van der Waals surface area contributed by atoms with Crippen molar-refractivity contribution in [2.24, 2.45) is 0 Å². The molecule has 6 heteroatoms. The van der Waals surface area contributed by atoms with Crippen molar-refractivity contribution in [2.75, 3.05) is 5.32 Å². The zero-order valence-corrected chi connectivity index (χ0v) is 9.73. The Hall–Kier alpha value is -0.620. The summed E-state index contributed by atoms with van der Waals surface area (Å²) in [6.07, 6.45) is 4.46. The SMILES string of the molecule is O=C(Nc1ncc(Br)s1)OC1CCC1. The molecule has 14 heavy (non-hydrogen) atoms. The van der Waals surface area contributed by atoms with E-state index in [1.165, 1.54) is 11.3 Å². The Balaban J connectivity index is 1.81. The average Bonchev–Trinajstić information content (AvgIpc) is 2.44. The van der Waals surface area contributed by atoms with Gasteiger partial charge in [0.25, 0.3) is 0 Å². The Bertz CT molecular complexity index is 338. The van der Waals surface area contributed by atoms with E-state index in [1.54, 1.807) is 6.20 Å². The second kappa shape index (κ2) is 4.27. The van der Waals surface area contributed by atoms with E-state index in [-0.39, 0.29) is 6.10 Å². The highest BCUT2D eigenvalue weighted by molar-refractivity contribution is 9.11. The van der Waals surface area contributed by atoms with E-state index >= 15 is 0 Å². The van der Waals surface area contributed by atoms with Crippen LogP contribution in [0.2, 0.25) is 0 Å². The standard InChI is InChI=1S/C8H9BrN2O2S/c9-6-4-10-7(14-6)11-8(12)13-5-2-1-3-5/h4-5H,1-3H2,(H,10,11,12). The Morgan fingerprint density at radius 2 is 2.50 bits per heavy atom. The van der Waals surface area contributed by atoms with Crippen LogP contribution >= 0.6 is 27.3 Å². The number of thiazole rings is 1. The highest BCUT2D eigenvalue weighted by Crippen LogP contribution is 2.25. The molecule has 0 unspecified atom stereocenters. The van der Waals surface area contributed by atoms with Gasteiger partial charge in [-0.3, -0.25) is 5.32 Å². The van der Waals surface area contributed by atoms with Gasteiger partial charge in [0.1, 0.15) is 6.10 Å². The van der Waals surface area contributed by atoms with Crippen molar-refractivity contribution in [2.45, 2.75) is 25.4 Å². The first-order valence-electron chi connectivity index (χ1n) is 4.33. The Morgan fingerprint density at radius 3 is 3.00 bits per heavy atom. The lowest BCUT2D eigenvalue weighted by Gasteiger charge is -2.24. The Kier molecular flexibility index (Phi) is 3.02. The number of halogens is 1. The molecule has 76 valence electrons. The summed E-state index contributed by atoms with van der Waals surface area (Å²) in [4.78, 5) is 15.2. The smallest absolute Gasteiger partial charge is 0.413 e. The third-order valence-electron chi connectivity index (χ3n) is 2.01. The van der Waals surface area contributed by atoms with Gasteiger partial charge in [-0.2, -0.15) is 0 Å². The number of hydrogen-bond acceptors (Lipinski definition) is 4. The average molecular weight is 277 g/mol. The van der Waals surface area contributed by atoms with Gasteiger partial charge in [-0.1, -0.05) is 11.3 Å². The van der Waals surface area contributed by atoms with Crippen LogP contribution < -0.4 is 5.32 Å². The maximum atomic E-state index is 11.2. The van der Waals surface area contributed by atoms with Gasteiger partial charge in [-0.15, -0.1) is 0 Å². The fourth-order valence-corrected chi connectivity index (χ4v) is 2.16. The van der Waals surface area contributed by atoms with Crippen LogP contribution in [0.3, 0.4) is 0 Å². The van der Waals surface area contributed by atoms with Crippen molar-refractivity contribution in [1.29, 1.82) is 0 Å². The van der Waals surface area contributed by atoms with E-state index in [2.05, 4.69) is 26.2 Å². The van der Waals surface area contributed by atoms with E-state index in [4.69, 9.17) is 4.74 Å². The molecule has 1 heterocycles. The fraction of sp³-hybridized carbons (Fsp3) is 0.500. The first kappa shape index (κ1) is 9.92. The molecule has 1 aromatic rings. The molecule has 0 atom stereocenters. The third-order valence-corrected chi connectivity index (χ3v) is 3.40. The van der Waals surface area contributed by atoms with Crippen molar-refractivity contribution < 1.29 is 9.53 Å². The molecular weight excluding hydrogens is 268 g/mol. The molecule has 4 nitrogen and oxygen atoms in total. The quantitative estimate of drug-likeness (QED) is 0.904. The molecule has 0 bridgehead atoms. The molecule has 1 N–H and O–H groups in total. The van der Waals surface area contributed by atoms with Crippen molar-refractivity contribution >= 4 is 38.5 Å². The molecule has 0 spiro atoms. The molecule has 1 aromatic heterocycles. The van der Waals surface area contributed by atoms with Crippen LogP contribution in [-0.2, 0) is 4.74 Å². The summed E-state index contributed by atoms with van der Waals surface area (Å²) < 4.78 is 5.99. The highest BCUT2D eigenvalue weighted by Gasteiger charge is 2.21. The molecule has 0 aliphatic heterocycles. The maximum absolute atomic E-state index is 11.2. The number of anilines is 1. The van der Waals surface area contributed by atoms with Crippen molar-refractivity contribution in [3.05, 3.63) is 9.98 Å². The molecule has 0 saturated heterocycles. The van der Waals surface area contributed by atoms with Crippen LogP contribution in [0, 0.1) is 0 Å². The number of carbonyl (C=O) groups excluding carboxylic acids is 1. The van der Waals surface area contributed by atoms with E-state index in [0.29, 0.717) is 5.13 Å². The van der Waals surface area contributed by atoms with Gasteiger partial charge in [0.05, 0.1) is 9.98 Å². The summed E-state index contributed by atoms with van der Waals surface area (Å²) >= 11 is 4.62. The summed E-state index contributed by atoms with van der Waals surface area (Å²) in [5.74, 6) is 0. The van der Waals surface area contributed by atoms with E-state index < -0.39 is 6.09 Å². The summed E-state index contributed by atoms with van der Waals surface area (Å²) in [5.41, 5.74) is 0. The van der Waals surface area contributed by atoms with Crippen molar-refractivity contribution in [3.63, 3.8) is 0 Å². The van der Waals surface area contributed by atoms with Gasteiger partial charge in [-0.05, 0) is 35.2 Å². The van der Waals surface area contributed by atoms with Gasteiger partial charge in [0.2, 0.25) is 0 Å². The summed E-state index contributed by atoms with van der Waals surface area (Å²) in [6.45, 7) is 0. The second-order valence-electron chi connectivity index (χ2n) is 3.05. The molecule has 1 fully saturated rings. The topological polar surface area (TPSA) is 51.2 Å². The number of amides is 1. The van der Waals surface area contributed by atoms with E-state index in [0.717, 1.165) is 23.0 Å². The number of hydrogen-bond donors (Lipinski definition) is 1. The van der Waals surface area contributed by atoms with Gasteiger partial charge in [0, 0.05) is 0 Å². The van der Waals surface area contributed by atoms with Gasteiger partial charge in [0.15, 0.2) is 5.13 Å². The molecule has 0 aromatic carbocycles. The molecule has 1 amide bonds. The van der Waals surface area contributed by atoms with Gasteiger partial charge < -0.3 is 4.74 Å². The second-order valence-corrected chi connectivity index (χ2v) is 5.46. The number of aromatic nitrogens is 1. The fourth-order valence-electron chi connectivity index (χ4n) is 1.07. The monoisotopic (exact) mass is 276 g/mol. The number of carbonyl (C=O) groups is 1. The normalized spacial score (nSPS) is 16.1. The molecule has 1 aliphatic rings. The van der Waals surface area contributed by atoms with Crippen LogP contribution in [0.5, 0.6) is 0 Å². The molecule has 2 rings (SSSR count). The lowest BCUT2D eigenvalue weighted by molar-refractivity contribution is 0.0624. The minimum absolute atomic E-state index is 0.110. The number of nitrogens with one attached hydrogen (secondary N) is 1. The first-order chi connectivity index (χ1) is 6.74. The lowest BCUT2D eigenvalue weighted by atomic mass is 9.96. The Morgan fingerprint density at radius 1 is 1.71 bits per heavy atom. The third kappa shape index (κ3) is 2.45. The van der Waals surface area contributed by atoms with E-state index in [1.807, 2.05) is 0 Å². The first-order valence-corrected chi connectivity index (χ1v) is 5.94. The molecular formula is C8H9BrN2O2S. The predicted molar refractivity (Wildman–Crippen MR) is 57.6 cm³/mol. The highest BCUT2D eigenvalue weighted by atomic mass is 79.9. The molecule has 1 aliphatic carbocycles. The zero-order chi connectivity index (χ0) is 9.97. The van der Waals surface area contributed by atoms with Crippen LogP contribution in [-0.4, -0.2) is 17.2 Å². The minimum Gasteiger partial charge on any atom is -0.446 e. The number of ether oxygens (including phenoxy) is 1. The Labute approximate surface area is 93.8 Å². The molecule has 1 saturated carbocycles. The van der Waals surface area contributed by atoms with Crippen LogP contribution in [0.15, 0.2) is 9.98 Å². The summed E-state index contributed by atoms with van der Waals surface area (Å²) in [6, 6.07) is 0.